The van der Waals surface area contributed by atoms with E-state index in [1.54, 1.807) is 0 Å². The molecule has 2 rings (SSSR count). The van der Waals surface area contributed by atoms with E-state index >= 15 is 0 Å². The molecule has 3 heteroatoms. The SMILES string of the molecule is CNCCc1cnc(-c2ccc(C)cc2C)n1C. The number of hydrogen-bond donors (Lipinski definition) is 1. The van der Waals surface area contributed by atoms with E-state index in [1.807, 2.05) is 13.2 Å². The van der Waals surface area contributed by atoms with Crippen LogP contribution in [-0.2, 0) is 13.5 Å². The quantitative estimate of drug-likeness (QED) is 0.894. The number of nitrogens with zero attached hydrogens (tertiary/aromatic N) is 2. The maximum absolute atomic E-state index is 4.56. The van der Waals surface area contributed by atoms with Gasteiger partial charge in [-0.1, -0.05) is 23.8 Å². The predicted molar refractivity (Wildman–Crippen MR) is 75.7 cm³/mol. The minimum Gasteiger partial charge on any atom is -0.331 e. The van der Waals surface area contributed by atoms with Crippen molar-refractivity contribution in [2.24, 2.45) is 7.05 Å². The number of imidazole rings is 1. The molecule has 1 aromatic heterocycles. The Kier molecular flexibility index (Phi) is 3.82. The van der Waals surface area contributed by atoms with Crippen molar-refractivity contribution in [3.8, 4) is 11.4 Å². The molecule has 0 spiro atoms. The second-order valence-electron chi connectivity index (χ2n) is 4.80. The summed E-state index contributed by atoms with van der Waals surface area (Å²) in [6.07, 6.45) is 2.98. The van der Waals surface area contributed by atoms with Crippen molar-refractivity contribution in [1.29, 1.82) is 0 Å². The molecule has 18 heavy (non-hydrogen) atoms. The highest BCUT2D eigenvalue weighted by molar-refractivity contribution is 5.61. The van der Waals surface area contributed by atoms with Crippen LogP contribution in [0.15, 0.2) is 24.4 Å². The smallest absolute Gasteiger partial charge is 0.140 e. The molecule has 3 nitrogen and oxygen atoms in total. The van der Waals surface area contributed by atoms with Gasteiger partial charge in [0.15, 0.2) is 0 Å². The second kappa shape index (κ2) is 5.36. The van der Waals surface area contributed by atoms with Crippen molar-refractivity contribution in [3.63, 3.8) is 0 Å². The van der Waals surface area contributed by atoms with Gasteiger partial charge >= 0.3 is 0 Å². The minimum absolute atomic E-state index is 0.978. The summed E-state index contributed by atoms with van der Waals surface area (Å²) in [4.78, 5) is 4.56. The highest BCUT2D eigenvalue weighted by Crippen LogP contribution is 2.23. The third kappa shape index (κ3) is 2.46. The van der Waals surface area contributed by atoms with E-state index < -0.39 is 0 Å². The van der Waals surface area contributed by atoms with Crippen molar-refractivity contribution in [2.75, 3.05) is 13.6 Å². The van der Waals surface area contributed by atoms with Crippen LogP contribution in [0.4, 0.5) is 0 Å². The third-order valence-corrected chi connectivity index (χ3v) is 3.34. The first-order chi connectivity index (χ1) is 8.63. The van der Waals surface area contributed by atoms with Crippen LogP contribution in [0.3, 0.4) is 0 Å². The van der Waals surface area contributed by atoms with E-state index in [9.17, 15) is 0 Å². The molecule has 2 aromatic rings. The Morgan fingerprint density at radius 1 is 1.28 bits per heavy atom. The van der Waals surface area contributed by atoms with E-state index in [0.29, 0.717) is 0 Å². The van der Waals surface area contributed by atoms with Crippen LogP contribution in [0.1, 0.15) is 16.8 Å². The van der Waals surface area contributed by atoms with E-state index in [0.717, 1.165) is 18.8 Å². The molecule has 0 aliphatic rings. The van der Waals surface area contributed by atoms with Gasteiger partial charge in [-0.25, -0.2) is 4.98 Å². The number of nitrogens with one attached hydrogen (secondary N) is 1. The van der Waals surface area contributed by atoms with Crippen molar-refractivity contribution >= 4 is 0 Å². The first-order valence-corrected chi connectivity index (χ1v) is 6.36. The molecule has 0 unspecified atom stereocenters. The zero-order chi connectivity index (χ0) is 13.1. The van der Waals surface area contributed by atoms with Gasteiger partial charge in [-0.15, -0.1) is 0 Å². The van der Waals surface area contributed by atoms with Gasteiger partial charge in [0.1, 0.15) is 5.82 Å². The Bertz CT molecular complexity index is 541. The lowest BCUT2D eigenvalue weighted by Gasteiger charge is -2.09. The lowest BCUT2D eigenvalue weighted by atomic mass is 10.1. The van der Waals surface area contributed by atoms with Crippen molar-refractivity contribution < 1.29 is 0 Å². The van der Waals surface area contributed by atoms with Gasteiger partial charge in [0.25, 0.3) is 0 Å². The van der Waals surface area contributed by atoms with Crippen LogP contribution in [0.25, 0.3) is 11.4 Å². The molecule has 0 aliphatic heterocycles. The van der Waals surface area contributed by atoms with Gasteiger partial charge in [-0.3, -0.25) is 0 Å². The standard InChI is InChI=1S/C15H21N3/c1-11-5-6-14(12(2)9-11)15-17-10-13(18(15)4)7-8-16-3/h5-6,9-10,16H,7-8H2,1-4H3. The Morgan fingerprint density at radius 2 is 2.06 bits per heavy atom. The number of likely N-dealkylation sites (N-methyl/N-ethyl adjacent to an activating group) is 1. The molecule has 96 valence electrons. The lowest BCUT2D eigenvalue weighted by molar-refractivity contribution is 0.740. The fourth-order valence-corrected chi connectivity index (χ4v) is 2.24. The summed E-state index contributed by atoms with van der Waals surface area (Å²) >= 11 is 0. The first-order valence-electron chi connectivity index (χ1n) is 6.36. The third-order valence-electron chi connectivity index (χ3n) is 3.34. The molecule has 0 amide bonds. The first kappa shape index (κ1) is 12.8. The minimum atomic E-state index is 0.978. The van der Waals surface area contributed by atoms with E-state index in [1.165, 1.54) is 22.4 Å². The van der Waals surface area contributed by atoms with Gasteiger partial charge in [-0.2, -0.15) is 0 Å². The zero-order valence-electron chi connectivity index (χ0n) is 11.6. The van der Waals surface area contributed by atoms with Crippen LogP contribution in [0.5, 0.6) is 0 Å². The Hall–Kier alpha value is -1.61. The number of aromatic nitrogens is 2. The number of benzene rings is 1. The summed E-state index contributed by atoms with van der Waals surface area (Å²) in [7, 11) is 4.06. The Balaban J connectivity index is 2.36. The van der Waals surface area contributed by atoms with Gasteiger partial charge in [-0.05, 0) is 26.5 Å². The highest BCUT2D eigenvalue weighted by Gasteiger charge is 2.10. The Morgan fingerprint density at radius 3 is 2.72 bits per heavy atom. The summed E-state index contributed by atoms with van der Waals surface area (Å²) < 4.78 is 2.19. The molecule has 0 atom stereocenters. The molecule has 0 radical (unpaired) electrons. The zero-order valence-corrected chi connectivity index (χ0v) is 11.6. The number of hydrogen-bond acceptors (Lipinski definition) is 2. The van der Waals surface area contributed by atoms with Crippen molar-refractivity contribution in [2.45, 2.75) is 20.3 Å². The lowest BCUT2D eigenvalue weighted by Crippen LogP contribution is -2.12. The highest BCUT2D eigenvalue weighted by atomic mass is 15.1. The van der Waals surface area contributed by atoms with Crippen LogP contribution < -0.4 is 5.32 Å². The molecule has 0 fully saturated rings. The summed E-state index contributed by atoms with van der Waals surface area (Å²) in [6.45, 7) is 5.24. The summed E-state index contributed by atoms with van der Waals surface area (Å²) in [5, 5.41) is 3.17. The maximum Gasteiger partial charge on any atom is 0.140 e. The fourth-order valence-electron chi connectivity index (χ4n) is 2.24. The topological polar surface area (TPSA) is 29.9 Å². The molecule has 1 heterocycles. The molecule has 1 aromatic carbocycles. The molecular formula is C15H21N3. The van der Waals surface area contributed by atoms with E-state index in [2.05, 4.69) is 54.0 Å². The number of rotatable bonds is 4. The van der Waals surface area contributed by atoms with Gasteiger partial charge in [0.2, 0.25) is 0 Å². The van der Waals surface area contributed by atoms with Crippen LogP contribution >= 0.6 is 0 Å². The monoisotopic (exact) mass is 243 g/mol. The molecular weight excluding hydrogens is 222 g/mol. The normalized spacial score (nSPS) is 10.9. The summed E-state index contributed by atoms with van der Waals surface area (Å²) in [5.74, 6) is 1.05. The fraction of sp³-hybridized carbons (Fsp3) is 0.400. The van der Waals surface area contributed by atoms with Crippen LogP contribution in [0.2, 0.25) is 0 Å². The van der Waals surface area contributed by atoms with Crippen molar-refractivity contribution in [3.05, 3.63) is 41.2 Å². The van der Waals surface area contributed by atoms with Gasteiger partial charge in [0.05, 0.1) is 0 Å². The van der Waals surface area contributed by atoms with E-state index in [4.69, 9.17) is 0 Å². The molecule has 0 aliphatic carbocycles. The predicted octanol–water partition coefficient (Wildman–Crippen LogP) is 2.47. The Labute approximate surface area is 109 Å². The average molecular weight is 243 g/mol. The summed E-state index contributed by atoms with van der Waals surface area (Å²) in [5.41, 5.74) is 5.06. The molecule has 0 bridgehead atoms. The van der Waals surface area contributed by atoms with Crippen LogP contribution in [-0.4, -0.2) is 23.1 Å². The number of aryl methyl sites for hydroxylation is 2. The molecule has 1 N–H and O–H groups in total. The largest absolute Gasteiger partial charge is 0.331 e. The van der Waals surface area contributed by atoms with Gasteiger partial charge in [0, 0.05) is 37.5 Å². The second-order valence-corrected chi connectivity index (χ2v) is 4.80. The summed E-state index contributed by atoms with van der Waals surface area (Å²) in [6, 6.07) is 6.51. The van der Waals surface area contributed by atoms with Gasteiger partial charge < -0.3 is 9.88 Å². The van der Waals surface area contributed by atoms with Crippen LogP contribution in [0, 0.1) is 13.8 Å². The van der Waals surface area contributed by atoms with E-state index in [-0.39, 0.29) is 0 Å². The maximum atomic E-state index is 4.56. The average Bonchev–Trinajstić information content (AvgIpc) is 2.68. The van der Waals surface area contributed by atoms with Crippen molar-refractivity contribution in [1.82, 2.24) is 14.9 Å². The molecule has 0 saturated carbocycles. The molecule has 0 saturated heterocycles.